The van der Waals surface area contributed by atoms with Crippen LogP contribution in [0.4, 0.5) is 11.5 Å². The molecule has 5 N–H and O–H groups in total. The molecular weight excluding hydrogens is 571 g/mol. The van der Waals surface area contributed by atoms with Crippen LogP contribution in [-0.2, 0) is 14.8 Å². The maximum atomic E-state index is 13.0. The van der Waals surface area contributed by atoms with E-state index in [0.717, 1.165) is 10.6 Å². The number of nitrogens with one attached hydrogen (secondary N) is 3. The van der Waals surface area contributed by atoms with Crippen LogP contribution in [0.5, 0.6) is 0 Å². The maximum absolute atomic E-state index is 13.0. The Hall–Kier alpha value is -3.43. The highest BCUT2D eigenvalue weighted by Gasteiger charge is 2.32. The molecule has 1 fully saturated rings. The number of nitro groups is 1. The smallest absolute Gasteiger partial charge is 0.308 e. The number of hydrogen-bond acceptors (Lipinski definition) is 10. The third-order valence-electron chi connectivity index (χ3n) is 6.03. The minimum Gasteiger partial charge on any atom is -0.380 e. The van der Waals surface area contributed by atoms with Gasteiger partial charge in [-0.15, -0.1) is 0 Å². The number of carbonyl (C=O) groups excluding carboxylic acids is 1. The molecule has 2 aliphatic rings. The lowest BCUT2D eigenvalue weighted by Crippen LogP contribution is -2.52. The van der Waals surface area contributed by atoms with Gasteiger partial charge in [0.15, 0.2) is 5.82 Å². The molecule has 0 bridgehead atoms. The summed E-state index contributed by atoms with van der Waals surface area (Å²) in [4.78, 5) is 29.5. The van der Waals surface area contributed by atoms with Crippen LogP contribution >= 0.6 is 23.2 Å². The molecule has 16 heteroatoms. The first-order chi connectivity index (χ1) is 18.4. The number of piperazine rings is 1. The Kier molecular flexibility index (Phi) is 8.61. The van der Waals surface area contributed by atoms with Crippen molar-refractivity contribution >= 4 is 50.6 Å². The average Bonchev–Trinajstić information content (AvgIpc) is 2.86. The van der Waals surface area contributed by atoms with Crippen LogP contribution < -0.4 is 26.6 Å². The molecule has 0 saturated carbocycles. The molecule has 2 aromatic rings. The number of halogens is 2. The molecule has 3 heterocycles. The minimum absolute atomic E-state index is 0.0263. The number of pyridine rings is 1. The van der Waals surface area contributed by atoms with Gasteiger partial charge in [-0.3, -0.25) is 20.2 Å². The molecule has 4 rings (SSSR count). The molecule has 1 aromatic heterocycles. The van der Waals surface area contributed by atoms with Gasteiger partial charge in [0.1, 0.15) is 5.82 Å². The second-order valence-electron chi connectivity index (χ2n) is 8.75. The van der Waals surface area contributed by atoms with Crippen LogP contribution in [0.15, 0.2) is 54.0 Å². The number of nitrogens with zero attached hydrogens (tertiary/aromatic N) is 4. The van der Waals surface area contributed by atoms with Crippen LogP contribution in [0.1, 0.15) is 0 Å². The summed E-state index contributed by atoms with van der Waals surface area (Å²) in [5.74, 6) is 0.0962. The van der Waals surface area contributed by atoms with Crippen LogP contribution in [0, 0.1) is 10.1 Å². The highest BCUT2D eigenvalue weighted by Crippen LogP contribution is 2.37. The largest absolute Gasteiger partial charge is 0.380 e. The van der Waals surface area contributed by atoms with Gasteiger partial charge in [0.25, 0.3) is 0 Å². The molecule has 1 amide bonds. The fourth-order valence-electron chi connectivity index (χ4n) is 4.10. The number of anilines is 2. The molecule has 208 valence electrons. The Morgan fingerprint density at radius 1 is 1.23 bits per heavy atom. The fourth-order valence-corrected chi connectivity index (χ4v) is 5.36. The van der Waals surface area contributed by atoms with E-state index >= 15 is 0 Å². The van der Waals surface area contributed by atoms with Gasteiger partial charge in [-0.1, -0.05) is 23.2 Å². The molecule has 1 atom stereocenters. The Morgan fingerprint density at radius 3 is 2.64 bits per heavy atom. The zero-order valence-corrected chi connectivity index (χ0v) is 23.1. The van der Waals surface area contributed by atoms with E-state index in [1.807, 2.05) is 0 Å². The third kappa shape index (κ3) is 6.78. The number of aromatic nitrogens is 1. The number of amides is 1. The van der Waals surface area contributed by atoms with Crippen molar-refractivity contribution in [2.24, 2.45) is 5.73 Å². The Morgan fingerprint density at radius 2 is 2.00 bits per heavy atom. The SMILES string of the molecule is CS(=O)(=O)N1CCN(c2ccc(NCCNC3C=CC([N+](=O)[O-])=C(N)N3)nc2-c2ccc(Cl)cc2Cl)C(=O)C1. The first-order valence-electron chi connectivity index (χ1n) is 11.7. The van der Waals surface area contributed by atoms with E-state index in [4.69, 9.17) is 33.9 Å². The standard InChI is InChI=1S/C23H26Cl2N8O5S/c1-39(37,38)31-10-11-32(21(34)13-31)17-4-6-19(29-22(17)15-3-2-14(24)12-16(15)25)27-8-9-28-20-7-5-18(33(35)36)23(26)30-20/h2-7,12,20,28,30H,8-11,13,26H2,1H3,(H,27,29). The Bertz CT molecular complexity index is 1470. The summed E-state index contributed by atoms with van der Waals surface area (Å²) in [5, 5.41) is 20.9. The van der Waals surface area contributed by atoms with E-state index in [2.05, 4.69) is 16.0 Å². The van der Waals surface area contributed by atoms with E-state index in [-0.39, 0.29) is 43.2 Å². The zero-order chi connectivity index (χ0) is 28.3. The number of nitrogens with two attached hydrogens (primary N) is 1. The first kappa shape index (κ1) is 28.6. The molecular formula is C23H26Cl2N8O5S. The fraction of sp³-hybridized carbons (Fsp3) is 0.304. The summed E-state index contributed by atoms with van der Waals surface area (Å²) >= 11 is 12.6. The highest BCUT2D eigenvalue weighted by atomic mass is 35.5. The molecule has 0 spiro atoms. The zero-order valence-electron chi connectivity index (χ0n) is 20.7. The monoisotopic (exact) mass is 596 g/mol. The molecule has 0 radical (unpaired) electrons. The normalized spacial score (nSPS) is 18.3. The van der Waals surface area contributed by atoms with E-state index < -0.39 is 14.9 Å². The van der Waals surface area contributed by atoms with Gasteiger partial charge in [0.2, 0.25) is 15.9 Å². The van der Waals surface area contributed by atoms with Gasteiger partial charge in [0, 0.05) is 42.8 Å². The number of carbonyl (C=O) groups is 1. The number of sulfonamides is 1. The highest BCUT2D eigenvalue weighted by molar-refractivity contribution is 7.88. The number of allylic oxidation sites excluding steroid dienone is 1. The number of rotatable bonds is 9. The van der Waals surface area contributed by atoms with E-state index in [9.17, 15) is 23.3 Å². The summed E-state index contributed by atoms with van der Waals surface area (Å²) in [6.45, 7) is 0.917. The second-order valence-corrected chi connectivity index (χ2v) is 11.6. The predicted octanol–water partition coefficient (Wildman–Crippen LogP) is 1.56. The van der Waals surface area contributed by atoms with Gasteiger partial charge in [-0.25, -0.2) is 13.4 Å². The van der Waals surface area contributed by atoms with Crippen molar-refractivity contribution < 1.29 is 18.1 Å². The minimum atomic E-state index is -3.51. The topological polar surface area (TPSA) is 176 Å². The number of dihydropyridines is 1. The molecule has 1 unspecified atom stereocenters. The van der Waals surface area contributed by atoms with Gasteiger partial charge in [0.05, 0.1) is 40.3 Å². The van der Waals surface area contributed by atoms with Crippen LogP contribution in [0.3, 0.4) is 0 Å². The molecule has 13 nitrogen and oxygen atoms in total. The lowest BCUT2D eigenvalue weighted by molar-refractivity contribution is -0.421. The van der Waals surface area contributed by atoms with Crippen molar-refractivity contribution in [1.29, 1.82) is 0 Å². The molecule has 0 aliphatic carbocycles. The number of benzene rings is 1. The third-order valence-corrected chi connectivity index (χ3v) is 7.83. The quantitative estimate of drug-likeness (QED) is 0.189. The summed E-state index contributed by atoms with van der Waals surface area (Å²) in [5.41, 5.74) is 6.98. The van der Waals surface area contributed by atoms with Crippen molar-refractivity contribution in [3.05, 3.63) is 74.2 Å². The van der Waals surface area contributed by atoms with Crippen LogP contribution in [0.2, 0.25) is 10.0 Å². The summed E-state index contributed by atoms with van der Waals surface area (Å²) in [6.07, 6.45) is 3.63. The van der Waals surface area contributed by atoms with Crippen molar-refractivity contribution in [1.82, 2.24) is 19.9 Å². The van der Waals surface area contributed by atoms with Crippen LogP contribution in [-0.4, -0.2) is 73.7 Å². The summed E-state index contributed by atoms with van der Waals surface area (Å²) < 4.78 is 25.0. The average molecular weight is 597 g/mol. The van der Waals surface area contributed by atoms with Crippen molar-refractivity contribution in [3.8, 4) is 11.3 Å². The predicted molar refractivity (Wildman–Crippen MR) is 149 cm³/mol. The number of hydrogen-bond donors (Lipinski definition) is 4. The van der Waals surface area contributed by atoms with Crippen molar-refractivity contribution in [3.63, 3.8) is 0 Å². The van der Waals surface area contributed by atoms with E-state index in [0.29, 0.717) is 45.9 Å². The summed E-state index contributed by atoms with van der Waals surface area (Å²) in [7, 11) is -3.51. The lowest BCUT2D eigenvalue weighted by atomic mass is 10.1. The summed E-state index contributed by atoms with van der Waals surface area (Å²) in [6, 6.07) is 8.38. The maximum Gasteiger partial charge on any atom is 0.308 e. The van der Waals surface area contributed by atoms with E-state index in [1.54, 1.807) is 36.4 Å². The van der Waals surface area contributed by atoms with E-state index in [1.165, 1.54) is 11.0 Å². The Balaban J connectivity index is 1.50. The first-order valence-corrected chi connectivity index (χ1v) is 14.3. The lowest BCUT2D eigenvalue weighted by Gasteiger charge is -2.34. The Labute approximate surface area is 234 Å². The van der Waals surface area contributed by atoms with Gasteiger partial charge < -0.3 is 21.3 Å². The van der Waals surface area contributed by atoms with Gasteiger partial charge in [-0.2, -0.15) is 4.31 Å². The molecule has 1 aromatic carbocycles. The van der Waals surface area contributed by atoms with Crippen LogP contribution in [0.25, 0.3) is 11.3 Å². The van der Waals surface area contributed by atoms with Gasteiger partial charge in [-0.05, 0) is 36.4 Å². The molecule has 39 heavy (non-hydrogen) atoms. The van der Waals surface area contributed by atoms with Gasteiger partial charge >= 0.3 is 5.70 Å². The molecule has 1 saturated heterocycles. The second kappa shape index (κ2) is 11.8. The van der Waals surface area contributed by atoms with Crippen molar-refractivity contribution in [2.75, 3.05) is 49.2 Å². The van der Waals surface area contributed by atoms with Crippen molar-refractivity contribution in [2.45, 2.75) is 6.17 Å². The molecule has 2 aliphatic heterocycles.